The molecule has 4 aliphatic rings. The lowest BCUT2D eigenvalue weighted by molar-refractivity contribution is -0.148. The molecule has 0 aromatic heterocycles. The van der Waals surface area contributed by atoms with Crippen molar-refractivity contribution in [2.45, 2.75) is 214 Å². The Morgan fingerprint density at radius 3 is 2.00 bits per heavy atom. The van der Waals surface area contributed by atoms with Crippen LogP contribution in [0.25, 0.3) is 0 Å². The number of urea groups is 1. The molecule has 2 aromatic rings. The number of carbonyl (C=O) groups excluding carboxylic acids is 11. The van der Waals surface area contributed by atoms with Gasteiger partial charge in [0.05, 0.1) is 60.6 Å². The Bertz CT molecular complexity index is 3180. The number of nitrogens with one attached hydrogen (secondary N) is 6. The molecule has 2 aromatic carbocycles. The van der Waals surface area contributed by atoms with Crippen molar-refractivity contribution in [3.8, 4) is 0 Å². The molecule has 0 spiro atoms. The van der Waals surface area contributed by atoms with Gasteiger partial charge in [0, 0.05) is 60.1 Å². The number of benzene rings is 2. The van der Waals surface area contributed by atoms with E-state index in [9.17, 15) is 57.8 Å². The van der Waals surface area contributed by atoms with E-state index in [1.807, 2.05) is 39.0 Å². The predicted octanol–water partition coefficient (Wildman–Crippen LogP) is 6.35. The fourth-order valence-electron chi connectivity index (χ4n) is 15.0. The number of imide groups is 1. The lowest BCUT2D eigenvalue weighted by atomic mass is 9.82. The second-order valence-electron chi connectivity index (χ2n) is 28.9. The van der Waals surface area contributed by atoms with E-state index in [4.69, 9.17) is 19.9 Å². The average molecular weight is 1400 g/mol. The summed E-state index contributed by atoms with van der Waals surface area (Å²) in [6.07, 6.45) is 3.63. The molecule has 26 nitrogen and oxygen atoms in total. The van der Waals surface area contributed by atoms with Gasteiger partial charge in [0.25, 0.3) is 0 Å². The number of fused-ring (bicyclic) bond motifs is 5. The van der Waals surface area contributed by atoms with Crippen molar-refractivity contribution >= 4 is 71.0 Å². The predicted molar refractivity (Wildman–Crippen MR) is 377 cm³/mol. The van der Waals surface area contributed by atoms with Gasteiger partial charge in [-0.3, -0.25) is 53.0 Å². The zero-order valence-electron chi connectivity index (χ0n) is 61.4. The first kappa shape index (κ1) is 81.0. The van der Waals surface area contributed by atoms with Crippen molar-refractivity contribution in [1.82, 2.24) is 46.2 Å². The van der Waals surface area contributed by atoms with Crippen LogP contribution < -0.4 is 37.6 Å². The molecule has 2 heterocycles. The molecule has 6 rings (SSSR count). The number of hydrogen-bond donors (Lipinski definition) is 8. The second-order valence-corrected chi connectivity index (χ2v) is 28.9. The number of carbonyl (C=O) groups is 11. The van der Waals surface area contributed by atoms with Crippen LogP contribution in [0.2, 0.25) is 0 Å². The summed E-state index contributed by atoms with van der Waals surface area (Å²) in [7, 11) is 6.09. The smallest absolute Gasteiger partial charge is 0.410 e. The highest BCUT2D eigenvalue weighted by molar-refractivity contribution is 6.06. The number of amides is 12. The summed E-state index contributed by atoms with van der Waals surface area (Å²) in [5, 5.41) is 27.8. The summed E-state index contributed by atoms with van der Waals surface area (Å²) >= 11 is 0. The Kier molecular flexibility index (Phi) is 30.5. The SMILES string of the molecule is CC[C@H](C)[C@@H]([C@@H](CC(=O)N1CCC[C@H]1[C@H](OC)[C@@H](C)C(=O)N[C@H](C)[C@H](O)c1ccccc1)OC)N(C)C(=O)[C@@H](NC(=O)[C@H](C(C)C)N(C)C(=O)OCc1ccc(NC(=O)[C@H](CCCNC(N)=O)NC(=O)[C@@H](NC(=O)CCCCCN2C(=O)C3C4C=C(C)C(C4)C3C2=O)C(C)C)cc1)C(C)C. The number of primary amides is 1. The fourth-order valence-corrected chi connectivity index (χ4v) is 15.0. The molecule has 0 radical (unpaired) electrons. The van der Waals surface area contributed by atoms with E-state index >= 15 is 0 Å². The second kappa shape index (κ2) is 37.6. The van der Waals surface area contributed by atoms with Gasteiger partial charge in [0.15, 0.2) is 0 Å². The minimum absolute atomic E-state index is 0.0875. The molecule has 4 unspecified atom stereocenters. The van der Waals surface area contributed by atoms with Crippen LogP contribution in [0.15, 0.2) is 66.2 Å². The molecule has 2 bridgehead atoms. The number of methoxy groups -OCH3 is 2. The molecule has 12 amide bonds. The third-order valence-electron chi connectivity index (χ3n) is 20.8. The summed E-state index contributed by atoms with van der Waals surface area (Å²) in [6, 6.07) is 8.79. The monoisotopic (exact) mass is 1400 g/mol. The normalized spacial score (nSPS) is 21.1. The van der Waals surface area contributed by atoms with Gasteiger partial charge in [-0.1, -0.05) is 129 Å². The third kappa shape index (κ3) is 20.6. The van der Waals surface area contributed by atoms with Gasteiger partial charge in [-0.25, -0.2) is 9.59 Å². The minimum Gasteiger partial charge on any atom is -0.445 e. The summed E-state index contributed by atoms with van der Waals surface area (Å²) in [5.74, 6) is -5.67. The van der Waals surface area contributed by atoms with Crippen molar-refractivity contribution in [2.24, 2.45) is 59.0 Å². The number of unbranched alkanes of at least 4 members (excludes halogenated alkanes) is 2. The maximum absolute atomic E-state index is 14.8. The number of aliphatic hydroxyl groups is 1. The topological polar surface area (TPSA) is 347 Å². The van der Waals surface area contributed by atoms with Crippen molar-refractivity contribution in [1.29, 1.82) is 0 Å². The number of ether oxygens (including phenoxy) is 3. The maximum atomic E-state index is 14.8. The molecule has 2 aliphatic carbocycles. The zero-order chi connectivity index (χ0) is 74.0. The summed E-state index contributed by atoms with van der Waals surface area (Å²) in [5.41, 5.74) is 8.01. The molecule has 9 N–H and O–H groups in total. The first-order chi connectivity index (χ1) is 47.4. The van der Waals surface area contributed by atoms with Gasteiger partial charge in [-0.05, 0) is 118 Å². The average Bonchev–Trinajstić information content (AvgIpc) is 1.56. The summed E-state index contributed by atoms with van der Waals surface area (Å²) < 4.78 is 17.8. The zero-order valence-corrected chi connectivity index (χ0v) is 61.4. The Morgan fingerprint density at radius 1 is 0.730 bits per heavy atom. The van der Waals surface area contributed by atoms with Crippen molar-refractivity contribution in [3.05, 3.63) is 77.4 Å². The van der Waals surface area contributed by atoms with E-state index in [1.165, 1.54) is 36.6 Å². The molecule has 554 valence electrons. The number of rotatable bonds is 38. The van der Waals surface area contributed by atoms with Crippen LogP contribution in [0.5, 0.6) is 0 Å². The number of allylic oxidation sites excluding steroid dienone is 2. The molecule has 16 atom stereocenters. The van der Waals surface area contributed by atoms with E-state index in [0.29, 0.717) is 68.4 Å². The minimum atomic E-state index is -1.11. The van der Waals surface area contributed by atoms with Crippen LogP contribution in [0.4, 0.5) is 15.3 Å². The van der Waals surface area contributed by atoms with Gasteiger partial charge in [-0.2, -0.15) is 0 Å². The first-order valence-electron chi connectivity index (χ1n) is 35.8. The summed E-state index contributed by atoms with van der Waals surface area (Å²) in [6.45, 7) is 20.8. The highest BCUT2D eigenvalue weighted by Gasteiger charge is 2.60. The Balaban J connectivity index is 1.01. The Labute approximate surface area is 590 Å². The molecule has 2 aliphatic heterocycles. The largest absolute Gasteiger partial charge is 0.445 e. The molecular weight excluding hydrogens is 1280 g/mol. The third-order valence-corrected chi connectivity index (χ3v) is 20.8. The number of hydrogen-bond acceptors (Lipinski definition) is 15. The van der Waals surface area contributed by atoms with Gasteiger partial charge in [-0.15, -0.1) is 0 Å². The van der Waals surface area contributed by atoms with Crippen LogP contribution >= 0.6 is 0 Å². The lowest BCUT2D eigenvalue weighted by Gasteiger charge is -2.41. The fraction of sp³-hybridized carbons (Fsp3) is 0.662. The van der Waals surface area contributed by atoms with Gasteiger partial charge < -0.3 is 66.8 Å². The van der Waals surface area contributed by atoms with Gasteiger partial charge >= 0.3 is 12.1 Å². The molecule has 26 heteroatoms. The quantitative estimate of drug-likeness (QED) is 0.0206. The number of nitrogens with zero attached hydrogens (tertiary/aromatic N) is 4. The number of nitrogens with two attached hydrogens (primary N) is 1. The van der Waals surface area contributed by atoms with E-state index in [0.717, 1.165) is 6.42 Å². The van der Waals surface area contributed by atoms with Crippen LogP contribution in [0.3, 0.4) is 0 Å². The number of anilines is 1. The highest BCUT2D eigenvalue weighted by atomic mass is 16.6. The molecule has 1 saturated carbocycles. The van der Waals surface area contributed by atoms with Crippen molar-refractivity contribution < 1.29 is 72.1 Å². The van der Waals surface area contributed by atoms with Crippen LogP contribution in [-0.4, -0.2) is 192 Å². The maximum Gasteiger partial charge on any atom is 0.410 e. The number of likely N-dealkylation sites (N-methyl/N-ethyl adjacent to an activating group) is 2. The number of likely N-dealkylation sites (tertiary alicyclic amines) is 2. The van der Waals surface area contributed by atoms with Crippen molar-refractivity contribution in [3.63, 3.8) is 0 Å². The van der Waals surface area contributed by atoms with E-state index in [2.05, 4.69) is 38.0 Å². The van der Waals surface area contributed by atoms with Crippen LogP contribution in [-0.2, 0) is 64.0 Å². The summed E-state index contributed by atoms with van der Waals surface area (Å²) in [4.78, 5) is 156. The van der Waals surface area contributed by atoms with Crippen LogP contribution in [0, 0.1) is 53.3 Å². The Hall–Kier alpha value is -7.97. The highest BCUT2D eigenvalue weighted by Crippen LogP contribution is 2.55. The molecule has 100 heavy (non-hydrogen) atoms. The van der Waals surface area contributed by atoms with Crippen molar-refractivity contribution in [2.75, 3.05) is 53.3 Å². The van der Waals surface area contributed by atoms with E-state index in [1.54, 1.807) is 109 Å². The van der Waals surface area contributed by atoms with Gasteiger partial charge in [0.2, 0.25) is 53.2 Å². The molecule has 2 saturated heterocycles. The van der Waals surface area contributed by atoms with Gasteiger partial charge in [0.1, 0.15) is 30.8 Å². The molecular formula is C74H113N11O15. The standard InChI is InChI=1S/C74H113N11O15/c1-16-44(8)63(55(98-14)39-57(87)84-36-24-28-54(84)65(99-15)46(10)66(89)77-47(11)64(88)49-25-19-17-20-26-49)82(12)72(95)61(42(4)5)81-69(92)62(43(6)7)83(13)74(97)100-40-48-30-32-51(33-31-48)78-67(90)53(27-23-34-76-73(75)96)79-68(91)60(41(2)3)80-56(86)29-21-18-22-35-85-70(93)58-50-37-45(9)52(38-50)59(58)71(85)94/h17,19-20,25-26,30-33,37,41-44,46-47,50,52-55,58-65,88H,16,18,21-24,27-29,34-36,38-40H2,1-15H3,(H,77,89)(H,78,90)(H,79,91)(H,80,86)(H,81,92)(H3,75,76,96)/t44-,46+,47+,50?,52?,53-,54-,55+,58?,59?,60-,61-,62-,63-,64-,65+/m0/s1. The van der Waals surface area contributed by atoms with Crippen LogP contribution in [0.1, 0.15) is 164 Å². The lowest BCUT2D eigenvalue weighted by Crippen LogP contribution is -2.60. The number of aliphatic hydroxyl groups excluding tert-OH is 1. The Morgan fingerprint density at radius 2 is 1.39 bits per heavy atom. The van der Waals surface area contributed by atoms with E-state index < -0.39 is 114 Å². The molecule has 3 fully saturated rings. The van der Waals surface area contributed by atoms with E-state index in [-0.39, 0.29) is 104 Å². The first-order valence-corrected chi connectivity index (χ1v) is 35.8.